The topological polar surface area (TPSA) is 0 Å². The number of hydrogen-bond acceptors (Lipinski definition) is 0. The molecule has 0 aliphatic carbocycles. The third-order valence-corrected chi connectivity index (χ3v) is 2.88. The Balaban J connectivity index is 0.000000444. The molecule has 20 heavy (non-hydrogen) atoms. The van der Waals surface area contributed by atoms with Gasteiger partial charge in [-0.2, -0.15) is 13.2 Å². The van der Waals surface area contributed by atoms with Crippen LogP contribution in [0, 0.1) is 0 Å². The third kappa shape index (κ3) is 5.89. The van der Waals surface area contributed by atoms with Crippen LogP contribution in [-0.2, 0) is 6.54 Å². The second-order valence-corrected chi connectivity index (χ2v) is 4.91. The molecule has 2 aromatic carbocycles. The van der Waals surface area contributed by atoms with Crippen LogP contribution in [0.5, 0.6) is 0 Å². The highest BCUT2D eigenvalue weighted by atomic mass is 19.4. The number of halogens is 3. The lowest BCUT2D eigenvalue weighted by Gasteiger charge is -2.29. The molecule has 0 bridgehead atoms. The zero-order valence-corrected chi connectivity index (χ0v) is 11.6. The summed E-state index contributed by atoms with van der Waals surface area (Å²) in [4.78, 5) is 0. The van der Waals surface area contributed by atoms with Crippen molar-refractivity contribution in [3.8, 4) is 0 Å². The Morgan fingerprint density at radius 1 is 0.800 bits per heavy atom. The van der Waals surface area contributed by atoms with Gasteiger partial charge in [-0.15, -0.1) is 0 Å². The summed E-state index contributed by atoms with van der Waals surface area (Å²) in [5.74, 6) is 0. The molecular weight excluding hydrogens is 263 g/mol. The molecule has 0 radical (unpaired) electrons. The quantitative estimate of drug-likeness (QED) is 0.720. The van der Waals surface area contributed by atoms with Gasteiger partial charge in [-0.05, 0) is 12.1 Å². The predicted octanol–water partition coefficient (Wildman–Crippen LogP) is 4.63. The number of alkyl halides is 3. The van der Waals surface area contributed by atoms with E-state index >= 15 is 0 Å². The van der Waals surface area contributed by atoms with Gasteiger partial charge in [0.1, 0.15) is 12.2 Å². The van der Waals surface area contributed by atoms with Gasteiger partial charge in [0.05, 0.1) is 14.1 Å². The van der Waals surface area contributed by atoms with E-state index in [1.165, 1.54) is 11.3 Å². The number of benzene rings is 2. The van der Waals surface area contributed by atoms with Crippen LogP contribution in [0.25, 0.3) is 0 Å². The largest absolute Gasteiger partial charge is 0.379 e. The van der Waals surface area contributed by atoms with Crippen molar-refractivity contribution in [2.45, 2.75) is 13.2 Å². The van der Waals surface area contributed by atoms with Crippen molar-refractivity contribution < 1.29 is 13.2 Å². The molecule has 0 unspecified atom stereocenters. The minimum Gasteiger partial charge on any atom is -0.292 e. The highest BCUT2D eigenvalue weighted by molar-refractivity contribution is 5.41. The molecule has 0 aliphatic rings. The van der Waals surface area contributed by atoms with Crippen molar-refractivity contribution in [3.05, 3.63) is 66.2 Å². The Hall–Kier alpha value is -1.81. The molecule has 108 valence electrons. The number of nitrogens with zero attached hydrogens (tertiary/aromatic N) is 1. The maximum atomic E-state index is 9.67. The molecule has 1 nitrogen and oxygen atoms in total. The summed E-state index contributed by atoms with van der Waals surface area (Å²) in [6.07, 6.45) is 0. The third-order valence-electron chi connectivity index (χ3n) is 2.88. The highest BCUT2D eigenvalue weighted by Crippen LogP contribution is 2.21. The van der Waals surface area contributed by atoms with Crippen LogP contribution < -0.4 is 4.48 Å². The van der Waals surface area contributed by atoms with Crippen molar-refractivity contribution in [3.63, 3.8) is 0 Å². The van der Waals surface area contributed by atoms with Gasteiger partial charge in [-0.1, -0.05) is 48.5 Å². The van der Waals surface area contributed by atoms with Crippen LogP contribution in [0.2, 0.25) is 0 Å². The summed E-state index contributed by atoms with van der Waals surface area (Å²) in [7, 11) is 4.48. The first-order chi connectivity index (χ1) is 9.42. The molecule has 0 atom stereocenters. The van der Waals surface area contributed by atoms with E-state index in [1.54, 1.807) is 0 Å². The summed E-state index contributed by atoms with van der Waals surface area (Å²) in [5, 5.41) is 0. The number of hydrogen-bond donors (Lipinski definition) is 0. The van der Waals surface area contributed by atoms with E-state index in [4.69, 9.17) is 0 Å². The van der Waals surface area contributed by atoms with Gasteiger partial charge >= 0.3 is 6.68 Å². The Morgan fingerprint density at radius 3 is 1.65 bits per heavy atom. The Labute approximate surface area is 117 Å². The molecule has 0 heterocycles. The van der Waals surface area contributed by atoms with E-state index in [2.05, 4.69) is 74.8 Å². The molecule has 2 aromatic rings. The molecule has 0 fully saturated rings. The number of para-hydroxylation sites is 1. The fraction of sp³-hybridized carbons (Fsp3) is 0.250. The molecule has 0 amide bonds. The van der Waals surface area contributed by atoms with Crippen molar-refractivity contribution in [2.75, 3.05) is 14.1 Å². The minimum atomic E-state index is -3.67. The van der Waals surface area contributed by atoms with Crippen LogP contribution >= 0.6 is 0 Å². The maximum Gasteiger partial charge on any atom is 0.379 e. The lowest BCUT2D eigenvalue weighted by molar-refractivity contribution is 0.00819. The van der Waals surface area contributed by atoms with Crippen LogP contribution in [0.3, 0.4) is 0 Å². The normalized spacial score (nSPS) is 10.9. The summed E-state index contributed by atoms with van der Waals surface area (Å²) < 4.78 is 29.9. The average molecular weight is 282 g/mol. The molecule has 4 heteroatoms. The second kappa shape index (κ2) is 7.70. The van der Waals surface area contributed by atoms with E-state index in [0.717, 1.165) is 11.0 Å². The Kier molecular flexibility index (Phi) is 6.25. The van der Waals surface area contributed by atoms with Crippen molar-refractivity contribution in [2.24, 2.45) is 0 Å². The first-order valence-electron chi connectivity index (χ1n) is 6.26. The SMILES string of the molecule is C[N+](C)(Cc1ccccc1)c1ccccc1.FC(F)F. The molecule has 2 rings (SSSR count). The van der Waals surface area contributed by atoms with Crippen LogP contribution in [0.4, 0.5) is 18.9 Å². The lowest BCUT2D eigenvalue weighted by atomic mass is 10.2. The summed E-state index contributed by atoms with van der Waals surface area (Å²) in [5.41, 5.74) is 2.71. The van der Waals surface area contributed by atoms with E-state index in [9.17, 15) is 13.2 Å². The Morgan fingerprint density at radius 2 is 1.20 bits per heavy atom. The standard InChI is InChI=1S/C15H18N.CHF3/c1-16(2,15-11-7-4-8-12-15)13-14-9-5-3-6-10-14;2-1(3)4/h3-12H,13H2,1-2H3;1H/q+1;. The fourth-order valence-electron chi connectivity index (χ4n) is 1.96. The van der Waals surface area contributed by atoms with Gasteiger partial charge < -0.3 is 0 Å². The lowest BCUT2D eigenvalue weighted by Crippen LogP contribution is -2.39. The van der Waals surface area contributed by atoms with Gasteiger partial charge in [0.2, 0.25) is 0 Å². The maximum absolute atomic E-state index is 9.67. The molecule has 0 saturated carbocycles. The van der Waals surface area contributed by atoms with Crippen molar-refractivity contribution >= 4 is 5.69 Å². The first kappa shape index (κ1) is 16.2. The van der Waals surface area contributed by atoms with Gasteiger partial charge in [0.25, 0.3) is 0 Å². The molecule has 0 spiro atoms. The smallest absolute Gasteiger partial charge is 0.292 e. The zero-order valence-electron chi connectivity index (χ0n) is 11.6. The van der Waals surface area contributed by atoms with E-state index < -0.39 is 6.68 Å². The van der Waals surface area contributed by atoms with E-state index in [1.807, 2.05) is 0 Å². The van der Waals surface area contributed by atoms with Crippen LogP contribution in [-0.4, -0.2) is 20.8 Å². The fourth-order valence-corrected chi connectivity index (χ4v) is 1.96. The van der Waals surface area contributed by atoms with Crippen LogP contribution in [0.15, 0.2) is 60.7 Å². The first-order valence-corrected chi connectivity index (χ1v) is 6.26. The van der Waals surface area contributed by atoms with Gasteiger partial charge in [0.15, 0.2) is 0 Å². The predicted molar refractivity (Wildman–Crippen MR) is 77.3 cm³/mol. The number of quaternary nitrogens is 1. The van der Waals surface area contributed by atoms with Gasteiger partial charge in [-0.3, -0.25) is 4.48 Å². The summed E-state index contributed by atoms with van der Waals surface area (Å²) in [6.45, 7) is -2.65. The monoisotopic (exact) mass is 282 g/mol. The molecule has 0 aromatic heterocycles. The van der Waals surface area contributed by atoms with Gasteiger partial charge in [0, 0.05) is 5.56 Å². The Bertz CT molecular complexity index is 481. The average Bonchev–Trinajstić information content (AvgIpc) is 2.40. The molecule has 0 N–H and O–H groups in total. The van der Waals surface area contributed by atoms with Crippen LogP contribution in [0.1, 0.15) is 5.56 Å². The van der Waals surface area contributed by atoms with E-state index in [-0.39, 0.29) is 0 Å². The summed E-state index contributed by atoms with van der Waals surface area (Å²) in [6, 6.07) is 21.2. The molecule has 0 saturated heterocycles. The number of rotatable bonds is 3. The molecule has 0 aliphatic heterocycles. The minimum absolute atomic E-state index is 0.880. The zero-order chi connectivity index (χ0) is 15.0. The van der Waals surface area contributed by atoms with Crippen molar-refractivity contribution in [1.29, 1.82) is 0 Å². The highest BCUT2D eigenvalue weighted by Gasteiger charge is 2.18. The van der Waals surface area contributed by atoms with Gasteiger partial charge in [-0.25, -0.2) is 0 Å². The van der Waals surface area contributed by atoms with Crippen molar-refractivity contribution in [1.82, 2.24) is 4.48 Å². The second-order valence-electron chi connectivity index (χ2n) is 4.91. The summed E-state index contributed by atoms with van der Waals surface area (Å²) >= 11 is 0. The molecular formula is C16H19F3N+. The van der Waals surface area contributed by atoms with E-state index in [0.29, 0.717) is 0 Å².